The van der Waals surface area contributed by atoms with Gasteiger partial charge in [-0.25, -0.2) is 4.98 Å². The molecule has 0 fully saturated rings. The summed E-state index contributed by atoms with van der Waals surface area (Å²) in [5.41, 5.74) is 0.573. The monoisotopic (exact) mass is 409 g/mol. The van der Waals surface area contributed by atoms with Crippen LogP contribution in [0.4, 0.5) is 5.13 Å². The molecule has 0 unspecified atom stereocenters. The molecule has 1 N–H and O–H groups in total. The fourth-order valence-electron chi connectivity index (χ4n) is 2.06. The van der Waals surface area contributed by atoms with Gasteiger partial charge in [0.1, 0.15) is 6.54 Å². The number of thiazole rings is 1. The summed E-state index contributed by atoms with van der Waals surface area (Å²) >= 11 is 4.71. The topological polar surface area (TPSA) is 62.3 Å². The van der Waals surface area contributed by atoms with Crippen LogP contribution in [0.1, 0.15) is 30.6 Å². The normalized spacial score (nSPS) is 10.7. The summed E-state index contributed by atoms with van der Waals surface area (Å²) in [6.07, 6.45) is 2.47. The Hall–Kier alpha value is -1.73. The lowest BCUT2D eigenvalue weighted by atomic mass is 10.1. The lowest BCUT2D eigenvalue weighted by Gasteiger charge is -2.23. The van der Waals surface area contributed by atoms with Gasteiger partial charge in [0.05, 0.1) is 0 Å². The quantitative estimate of drug-likeness (QED) is 0.750. The van der Waals surface area contributed by atoms with Crippen LogP contribution in [0, 0.1) is 5.92 Å². The molecular formula is C17H20BrN3O2S. The Morgan fingerprint density at radius 2 is 2.00 bits per heavy atom. The first-order valence-electron chi connectivity index (χ1n) is 7.70. The average Bonchev–Trinajstić information content (AvgIpc) is 3.04. The maximum Gasteiger partial charge on any atom is 0.254 e. The molecule has 1 heterocycles. The molecule has 2 rings (SSSR count). The Kier molecular flexibility index (Phi) is 6.93. The summed E-state index contributed by atoms with van der Waals surface area (Å²) in [7, 11) is 0. The zero-order valence-electron chi connectivity index (χ0n) is 13.7. The number of nitrogens with zero attached hydrogens (tertiary/aromatic N) is 2. The van der Waals surface area contributed by atoms with E-state index in [4.69, 9.17) is 0 Å². The van der Waals surface area contributed by atoms with Crippen LogP contribution in [0.2, 0.25) is 0 Å². The molecule has 2 aromatic rings. The van der Waals surface area contributed by atoms with E-state index in [9.17, 15) is 9.59 Å². The fraction of sp³-hybridized carbons (Fsp3) is 0.353. The number of halogens is 1. The first kappa shape index (κ1) is 18.6. The zero-order chi connectivity index (χ0) is 17.5. The fourth-order valence-corrected chi connectivity index (χ4v) is 2.87. The van der Waals surface area contributed by atoms with Crippen LogP contribution in [0.15, 0.2) is 40.3 Å². The van der Waals surface area contributed by atoms with Gasteiger partial charge in [-0.15, -0.1) is 11.3 Å². The molecule has 0 aliphatic rings. The molecule has 5 nitrogen and oxygen atoms in total. The van der Waals surface area contributed by atoms with Gasteiger partial charge in [0.2, 0.25) is 5.91 Å². The van der Waals surface area contributed by atoms with E-state index in [0.717, 1.165) is 10.9 Å². The summed E-state index contributed by atoms with van der Waals surface area (Å²) < 4.78 is 0.911. The van der Waals surface area contributed by atoms with Gasteiger partial charge in [-0.3, -0.25) is 9.59 Å². The zero-order valence-corrected chi connectivity index (χ0v) is 16.1. The number of carbonyl (C=O) groups is 2. The van der Waals surface area contributed by atoms with Gasteiger partial charge in [-0.1, -0.05) is 29.8 Å². The molecule has 1 aromatic heterocycles. The second-order valence-electron chi connectivity index (χ2n) is 5.80. The minimum atomic E-state index is -0.237. The Bertz CT molecular complexity index is 672. The number of anilines is 1. The van der Waals surface area contributed by atoms with Gasteiger partial charge in [0.25, 0.3) is 5.91 Å². The Morgan fingerprint density at radius 3 is 2.58 bits per heavy atom. The minimum absolute atomic E-state index is 0.0151. The highest BCUT2D eigenvalue weighted by Crippen LogP contribution is 2.14. The van der Waals surface area contributed by atoms with Crippen molar-refractivity contribution < 1.29 is 9.59 Å². The number of hydrogen-bond acceptors (Lipinski definition) is 4. The summed E-state index contributed by atoms with van der Waals surface area (Å²) in [4.78, 5) is 30.6. The number of benzene rings is 1. The van der Waals surface area contributed by atoms with Crippen molar-refractivity contribution in [2.75, 3.05) is 18.4 Å². The van der Waals surface area contributed by atoms with Crippen molar-refractivity contribution in [3.8, 4) is 0 Å². The Morgan fingerprint density at radius 1 is 1.29 bits per heavy atom. The lowest BCUT2D eigenvalue weighted by molar-refractivity contribution is -0.116. The van der Waals surface area contributed by atoms with Crippen LogP contribution in [0.3, 0.4) is 0 Å². The van der Waals surface area contributed by atoms with E-state index >= 15 is 0 Å². The van der Waals surface area contributed by atoms with Crippen LogP contribution in [0.5, 0.6) is 0 Å². The van der Waals surface area contributed by atoms with Crippen LogP contribution >= 0.6 is 27.3 Å². The van der Waals surface area contributed by atoms with E-state index in [-0.39, 0.29) is 18.4 Å². The van der Waals surface area contributed by atoms with Gasteiger partial charge >= 0.3 is 0 Å². The van der Waals surface area contributed by atoms with Crippen LogP contribution < -0.4 is 5.32 Å². The van der Waals surface area contributed by atoms with E-state index in [1.807, 2.05) is 12.1 Å². The molecule has 7 heteroatoms. The second-order valence-corrected chi connectivity index (χ2v) is 7.61. The van der Waals surface area contributed by atoms with Gasteiger partial charge in [0, 0.05) is 28.2 Å². The molecule has 0 radical (unpaired) electrons. The third-order valence-corrected chi connectivity index (χ3v) is 4.59. The number of hydrogen-bond donors (Lipinski definition) is 1. The van der Waals surface area contributed by atoms with Gasteiger partial charge < -0.3 is 10.2 Å². The highest BCUT2D eigenvalue weighted by molar-refractivity contribution is 9.10. The molecule has 128 valence electrons. The number of amides is 2. The van der Waals surface area contributed by atoms with E-state index in [2.05, 4.69) is 40.1 Å². The molecule has 0 atom stereocenters. The Balaban J connectivity index is 2.06. The molecule has 0 aliphatic heterocycles. The molecule has 1 aromatic carbocycles. The van der Waals surface area contributed by atoms with Crippen molar-refractivity contribution in [1.82, 2.24) is 9.88 Å². The number of nitrogens with one attached hydrogen (secondary N) is 1. The minimum Gasteiger partial charge on any atom is -0.329 e. The van der Waals surface area contributed by atoms with Gasteiger partial charge in [-0.2, -0.15) is 0 Å². The molecule has 0 bridgehead atoms. The Labute approximate surface area is 154 Å². The van der Waals surface area contributed by atoms with E-state index in [1.165, 1.54) is 11.3 Å². The summed E-state index contributed by atoms with van der Waals surface area (Å²) in [6, 6.07) is 7.16. The van der Waals surface area contributed by atoms with Gasteiger partial charge in [0.15, 0.2) is 5.13 Å². The maximum absolute atomic E-state index is 12.7. The van der Waals surface area contributed by atoms with Gasteiger partial charge in [-0.05, 0) is 36.6 Å². The van der Waals surface area contributed by atoms with Crippen molar-refractivity contribution in [1.29, 1.82) is 0 Å². The summed E-state index contributed by atoms with van der Waals surface area (Å²) in [6.45, 7) is 4.74. The SMILES string of the molecule is CC(C)CCN(CC(=O)Nc1nccs1)C(=O)c1ccc(Br)cc1. The first-order chi connectivity index (χ1) is 11.5. The molecule has 0 saturated heterocycles. The second kappa shape index (κ2) is 8.94. The van der Waals surface area contributed by atoms with Crippen molar-refractivity contribution >= 4 is 44.2 Å². The molecule has 0 saturated carbocycles. The largest absolute Gasteiger partial charge is 0.329 e. The number of aromatic nitrogens is 1. The molecular weight excluding hydrogens is 390 g/mol. The molecule has 0 aliphatic carbocycles. The standard InChI is InChI=1S/C17H20BrN3O2S/c1-12(2)7-9-21(11-15(22)20-17-19-8-10-24-17)16(23)13-3-5-14(18)6-4-13/h3-6,8,10,12H,7,9,11H2,1-2H3,(H,19,20,22). The molecule has 0 spiro atoms. The lowest BCUT2D eigenvalue weighted by Crippen LogP contribution is -2.39. The van der Waals surface area contributed by atoms with E-state index < -0.39 is 0 Å². The third-order valence-electron chi connectivity index (χ3n) is 3.37. The number of rotatable bonds is 7. The van der Waals surface area contributed by atoms with Crippen molar-refractivity contribution in [2.45, 2.75) is 20.3 Å². The first-order valence-corrected chi connectivity index (χ1v) is 9.37. The summed E-state index contributed by atoms with van der Waals surface area (Å²) in [5.74, 6) is 0.0730. The highest BCUT2D eigenvalue weighted by atomic mass is 79.9. The summed E-state index contributed by atoms with van der Waals surface area (Å²) in [5, 5.41) is 5.05. The third kappa shape index (κ3) is 5.72. The molecule has 24 heavy (non-hydrogen) atoms. The van der Waals surface area contributed by atoms with Crippen LogP contribution in [-0.2, 0) is 4.79 Å². The van der Waals surface area contributed by atoms with Crippen LogP contribution in [0.25, 0.3) is 0 Å². The predicted octanol–water partition coefficient (Wildman–Crippen LogP) is 4.03. The van der Waals surface area contributed by atoms with Crippen molar-refractivity contribution in [3.05, 3.63) is 45.9 Å². The van der Waals surface area contributed by atoms with E-state index in [0.29, 0.717) is 23.2 Å². The van der Waals surface area contributed by atoms with Crippen molar-refractivity contribution in [2.24, 2.45) is 5.92 Å². The highest BCUT2D eigenvalue weighted by Gasteiger charge is 2.19. The van der Waals surface area contributed by atoms with Crippen LogP contribution in [-0.4, -0.2) is 34.8 Å². The van der Waals surface area contributed by atoms with E-state index in [1.54, 1.807) is 28.6 Å². The van der Waals surface area contributed by atoms with Crippen molar-refractivity contribution in [3.63, 3.8) is 0 Å². The average molecular weight is 410 g/mol. The number of carbonyl (C=O) groups excluding carboxylic acids is 2. The maximum atomic E-state index is 12.7. The molecule has 2 amide bonds. The predicted molar refractivity (Wildman–Crippen MR) is 100 cm³/mol. The smallest absolute Gasteiger partial charge is 0.254 e.